The van der Waals surface area contributed by atoms with Crippen LogP contribution < -0.4 is 10.6 Å². The normalized spacial score (nSPS) is 10.2. The van der Waals surface area contributed by atoms with E-state index in [1.54, 1.807) is 0 Å². The van der Waals surface area contributed by atoms with E-state index in [-0.39, 0.29) is 17.5 Å². The first-order chi connectivity index (χ1) is 11.1. The molecule has 0 saturated heterocycles. The summed E-state index contributed by atoms with van der Waals surface area (Å²) in [5.41, 5.74) is 3.19. The van der Waals surface area contributed by atoms with Crippen LogP contribution in [0.2, 0.25) is 0 Å². The van der Waals surface area contributed by atoms with Gasteiger partial charge in [0, 0.05) is 31.0 Å². The molecule has 1 aromatic carbocycles. The lowest BCUT2D eigenvalue weighted by atomic mass is 10.1. The summed E-state index contributed by atoms with van der Waals surface area (Å²) in [5.74, 6) is -0.369. The Balaban J connectivity index is 1.70. The van der Waals surface area contributed by atoms with Gasteiger partial charge < -0.3 is 10.6 Å². The van der Waals surface area contributed by atoms with Gasteiger partial charge in [-0.05, 0) is 43.5 Å². The third kappa shape index (κ3) is 4.88. The zero-order valence-corrected chi connectivity index (χ0v) is 13.3. The second kappa shape index (κ2) is 8.03. The zero-order chi connectivity index (χ0) is 16.7. The largest absolute Gasteiger partial charge is 0.352 e. The molecule has 1 aromatic heterocycles. The first-order valence-corrected chi connectivity index (χ1v) is 7.47. The molecule has 2 N–H and O–H groups in total. The predicted octanol–water partition coefficient (Wildman–Crippen LogP) is 1.64. The number of hydrogen-bond donors (Lipinski definition) is 2. The van der Waals surface area contributed by atoms with E-state index in [9.17, 15) is 9.59 Å². The average Bonchev–Trinajstić information content (AvgIpc) is 2.57. The molecule has 1 heterocycles. The molecule has 6 nitrogen and oxygen atoms in total. The molecule has 23 heavy (non-hydrogen) atoms. The lowest BCUT2D eigenvalue weighted by molar-refractivity contribution is 0.0947. The molecular weight excluding hydrogens is 292 g/mol. The van der Waals surface area contributed by atoms with Crippen LogP contribution in [0.1, 0.15) is 38.4 Å². The van der Waals surface area contributed by atoms with Gasteiger partial charge in [-0.2, -0.15) is 0 Å². The Hall–Kier alpha value is -2.76. The summed E-state index contributed by atoms with van der Waals surface area (Å²) in [6.45, 7) is 4.94. The third-order valence-corrected chi connectivity index (χ3v) is 3.49. The van der Waals surface area contributed by atoms with Gasteiger partial charge in [0.05, 0.1) is 6.20 Å². The Bertz CT molecular complexity index is 686. The number of nitrogens with one attached hydrogen (secondary N) is 2. The van der Waals surface area contributed by atoms with Crippen molar-refractivity contribution in [2.24, 2.45) is 0 Å². The smallest absolute Gasteiger partial charge is 0.271 e. The van der Waals surface area contributed by atoms with Crippen molar-refractivity contribution in [1.29, 1.82) is 0 Å². The number of aryl methyl sites for hydroxylation is 2. The summed E-state index contributed by atoms with van der Waals surface area (Å²) < 4.78 is 0. The van der Waals surface area contributed by atoms with E-state index >= 15 is 0 Å². The molecule has 0 aliphatic rings. The highest BCUT2D eigenvalue weighted by Crippen LogP contribution is 2.09. The van der Waals surface area contributed by atoms with Crippen LogP contribution in [0, 0.1) is 13.8 Å². The number of benzene rings is 1. The topological polar surface area (TPSA) is 84.0 Å². The Morgan fingerprint density at radius 1 is 1.00 bits per heavy atom. The van der Waals surface area contributed by atoms with Crippen molar-refractivity contribution in [2.45, 2.75) is 20.3 Å². The summed E-state index contributed by atoms with van der Waals surface area (Å²) in [4.78, 5) is 31.5. The van der Waals surface area contributed by atoms with Gasteiger partial charge in [0.25, 0.3) is 11.8 Å². The van der Waals surface area contributed by atoms with Crippen molar-refractivity contribution >= 4 is 11.8 Å². The number of aromatic nitrogens is 2. The molecule has 0 aliphatic heterocycles. The monoisotopic (exact) mass is 312 g/mol. The fourth-order valence-corrected chi connectivity index (χ4v) is 1.98. The van der Waals surface area contributed by atoms with Crippen molar-refractivity contribution in [3.8, 4) is 0 Å². The van der Waals surface area contributed by atoms with E-state index in [4.69, 9.17) is 0 Å². The fraction of sp³-hybridized carbons (Fsp3) is 0.294. The molecule has 120 valence electrons. The maximum Gasteiger partial charge on any atom is 0.271 e. The van der Waals surface area contributed by atoms with E-state index in [0.29, 0.717) is 25.1 Å². The highest BCUT2D eigenvalue weighted by molar-refractivity contribution is 5.94. The lowest BCUT2D eigenvalue weighted by Gasteiger charge is -2.08. The summed E-state index contributed by atoms with van der Waals surface area (Å²) >= 11 is 0. The van der Waals surface area contributed by atoms with E-state index in [1.807, 2.05) is 32.0 Å². The van der Waals surface area contributed by atoms with Gasteiger partial charge >= 0.3 is 0 Å². The minimum absolute atomic E-state index is 0.103. The van der Waals surface area contributed by atoms with Crippen LogP contribution in [0.3, 0.4) is 0 Å². The van der Waals surface area contributed by atoms with Gasteiger partial charge in [0.15, 0.2) is 0 Å². The summed E-state index contributed by atoms with van der Waals surface area (Å²) in [7, 11) is 0. The van der Waals surface area contributed by atoms with Crippen LogP contribution in [-0.4, -0.2) is 34.9 Å². The van der Waals surface area contributed by atoms with Gasteiger partial charge in [-0.25, -0.2) is 4.98 Å². The summed E-state index contributed by atoms with van der Waals surface area (Å²) in [6.07, 6.45) is 5.04. The molecule has 2 amide bonds. The Labute approximate surface area is 135 Å². The van der Waals surface area contributed by atoms with Crippen molar-refractivity contribution in [1.82, 2.24) is 20.6 Å². The van der Waals surface area contributed by atoms with Crippen LogP contribution in [0.5, 0.6) is 0 Å². The minimum atomic E-state index is -0.265. The van der Waals surface area contributed by atoms with E-state index in [1.165, 1.54) is 18.6 Å². The van der Waals surface area contributed by atoms with Crippen molar-refractivity contribution in [3.05, 3.63) is 59.2 Å². The standard InChI is InChI=1S/C17H20N4O2/c1-12-4-5-14(10-13(12)2)16(22)20-6-3-7-21-17(23)15-11-18-8-9-19-15/h4-5,8-11H,3,6-7H2,1-2H3,(H,20,22)(H,21,23). The van der Waals surface area contributed by atoms with E-state index in [0.717, 1.165) is 11.1 Å². The predicted molar refractivity (Wildman–Crippen MR) is 87.2 cm³/mol. The number of carbonyl (C=O) groups is 2. The number of rotatable bonds is 6. The highest BCUT2D eigenvalue weighted by atomic mass is 16.2. The summed E-state index contributed by atoms with van der Waals surface area (Å²) in [6, 6.07) is 5.62. The Morgan fingerprint density at radius 2 is 1.74 bits per heavy atom. The number of carbonyl (C=O) groups excluding carboxylic acids is 2. The number of amides is 2. The van der Waals surface area contributed by atoms with Gasteiger partial charge in [0.2, 0.25) is 0 Å². The second-order valence-corrected chi connectivity index (χ2v) is 5.26. The van der Waals surface area contributed by atoms with Crippen LogP contribution >= 0.6 is 0 Å². The van der Waals surface area contributed by atoms with Gasteiger partial charge in [-0.15, -0.1) is 0 Å². The molecule has 0 saturated carbocycles. The molecule has 0 atom stereocenters. The molecule has 2 aromatic rings. The highest BCUT2D eigenvalue weighted by Gasteiger charge is 2.07. The summed E-state index contributed by atoms with van der Waals surface area (Å²) in [5, 5.41) is 5.58. The van der Waals surface area contributed by atoms with Crippen LogP contribution in [0.4, 0.5) is 0 Å². The van der Waals surface area contributed by atoms with Crippen LogP contribution in [0.25, 0.3) is 0 Å². The first-order valence-electron chi connectivity index (χ1n) is 7.47. The average molecular weight is 312 g/mol. The molecule has 0 spiro atoms. The molecule has 0 radical (unpaired) electrons. The van der Waals surface area contributed by atoms with Crippen molar-refractivity contribution < 1.29 is 9.59 Å². The molecular formula is C17H20N4O2. The maximum atomic E-state index is 12.0. The Morgan fingerprint density at radius 3 is 2.39 bits per heavy atom. The first kappa shape index (κ1) is 16.6. The minimum Gasteiger partial charge on any atom is -0.352 e. The maximum absolute atomic E-state index is 12.0. The third-order valence-electron chi connectivity index (χ3n) is 3.49. The van der Waals surface area contributed by atoms with Gasteiger partial charge in [0.1, 0.15) is 5.69 Å². The Kier molecular flexibility index (Phi) is 5.80. The van der Waals surface area contributed by atoms with Gasteiger partial charge in [-0.1, -0.05) is 6.07 Å². The van der Waals surface area contributed by atoms with E-state index in [2.05, 4.69) is 20.6 Å². The van der Waals surface area contributed by atoms with E-state index < -0.39 is 0 Å². The molecule has 6 heteroatoms. The zero-order valence-electron chi connectivity index (χ0n) is 13.3. The molecule has 2 rings (SSSR count). The number of hydrogen-bond acceptors (Lipinski definition) is 4. The van der Waals surface area contributed by atoms with Crippen LogP contribution in [0.15, 0.2) is 36.8 Å². The number of nitrogens with zero attached hydrogens (tertiary/aromatic N) is 2. The fourth-order valence-electron chi connectivity index (χ4n) is 1.98. The van der Waals surface area contributed by atoms with Crippen LogP contribution in [-0.2, 0) is 0 Å². The lowest BCUT2D eigenvalue weighted by Crippen LogP contribution is -2.30. The molecule has 0 unspecified atom stereocenters. The molecule has 0 fully saturated rings. The second-order valence-electron chi connectivity index (χ2n) is 5.26. The van der Waals surface area contributed by atoms with Crippen molar-refractivity contribution in [2.75, 3.05) is 13.1 Å². The quantitative estimate of drug-likeness (QED) is 0.794. The molecule has 0 aliphatic carbocycles. The molecule has 0 bridgehead atoms. The van der Waals surface area contributed by atoms with Crippen molar-refractivity contribution in [3.63, 3.8) is 0 Å². The SMILES string of the molecule is Cc1ccc(C(=O)NCCCNC(=O)c2cnccn2)cc1C. The van der Waals surface area contributed by atoms with Gasteiger partial charge in [-0.3, -0.25) is 14.6 Å².